The third-order valence-corrected chi connectivity index (χ3v) is 5.83. The molecular formula is C23H26FN5O2. The number of hydrogen-bond acceptors (Lipinski definition) is 4. The Kier molecular flexibility index (Phi) is 6.01. The van der Waals surface area contributed by atoms with Crippen molar-refractivity contribution in [3.63, 3.8) is 0 Å². The lowest BCUT2D eigenvalue weighted by molar-refractivity contribution is 0.245. The van der Waals surface area contributed by atoms with Crippen LogP contribution in [0.2, 0.25) is 0 Å². The first kappa shape index (κ1) is 21.0. The topological polar surface area (TPSA) is 99.5 Å². The second-order valence-corrected chi connectivity index (χ2v) is 7.73. The van der Waals surface area contributed by atoms with E-state index in [1.54, 1.807) is 0 Å². The summed E-state index contributed by atoms with van der Waals surface area (Å²) >= 11 is 0. The summed E-state index contributed by atoms with van der Waals surface area (Å²) in [6.07, 6.45) is 0.608. The molecule has 1 aromatic carbocycles. The van der Waals surface area contributed by atoms with Crippen LogP contribution in [-0.2, 0) is 0 Å². The standard InChI is InChI=1S/C23H24FN5O.H2O/c24-9-4-10-28-11-13-29(14-12-28)16-7-8-19-20(15-16)26-22(25-19)21-17-5-2-1-3-6-18(17)27-23(21)30;/h1-3,5-8,15H,4,9-14H2,(H,25,26)(H,27,30);1H2. The van der Waals surface area contributed by atoms with Crippen molar-refractivity contribution in [1.29, 1.82) is 0 Å². The number of rotatable bonds is 5. The number of hydrogen-bond donors (Lipinski definition) is 2. The Morgan fingerprint density at radius 3 is 2.61 bits per heavy atom. The van der Waals surface area contributed by atoms with Crippen LogP contribution >= 0.6 is 0 Å². The number of H-pyrrole nitrogens is 2. The van der Waals surface area contributed by atoms with Gasteiger partial charge in [0.15, 0.2) is 0 Å². The van der Waals surface area contributed by atoms with E-state index in [9.17, 15) is 9.18 Å². The van der Waals surface area contributed by atoms with Gasteiger partial charge in [0.1, 0.15) is 5.82 Å². The maximum absolute atomic E-state index is 12.6. The van der Waals surface area contributed by atoms with Gasteiger partial charge in [-0.2, -0.15) is 0 Å². The third-order valence-electron chi connectivity index (χ3n) is 5.83. The second-order valence-electron chi connectivity index (χ2n) is 7.73. The Hall–Kier alpha value is -3.23. The molecule has 4 N–H and O–H groups in total. The van der Waals surface area contributed by atoms with Crippen molar-refractivity contribution in [2.24, 2.45) is 0 Å². The van der Waals surface area contributed by atoms with E-state index < -0.39 is 0 Å². The summed E-state index contributed by atoms with van der Waals surface area (Å²) < 4.78 is 12.4. The van der Waals surface area contributed by atoms with Crippen LogP contribution in [0.4, 0.5) is 10.1 Å². The van der Waals surface area contributed by atoms with Gasteiger partial charge in [0.2, 0.25) is 0 Å². The van der Waals surface area contributed by atoms with Crippen molar-refractivity contribution in [2.45, 2.75) is 6.42 Å². The van der Waals surface area contributed by atoms with Crippen LogP contribution in [0.3, 0.4) is 0 Å². The monoisotopic (exact) mass is 423 g/mol. The van der Waals surface area contributed by atoms with Crippen LogP contribution < -0.4 is 10.5 Å². The molecule has 162 valence electrons. The van der Waals surface area contributed by atoms with E-state index in [0.29, 0.717) is 17.8 Å². The Balaban J connectivity index is 0.00000231. The lowest BCUT2D eigenvalue weighted by Gasteiger charge is -2.36. The summed E-state index contributed by atoms with van der Waals surface area (Å²) in [6, 6.07) is 15.8. The van der Waals surface area contributed by atoms with Gasteiger partial charge >= 0.3 is 0 Å². The largest absolute Gasteiger partial charge is 0.412 e. The first-order valence-corrected chi connectivity index (χ1v) is 10.4. The number of nitrogens with zero attached hydrogens (tertiary/aromatic N) is 3. The number of piperazine rings is 1. The molecule has 1 aliphatic carbocycles. The van der Waals surface area contributed by atoms with Crippen LogP contribution in [0.25, 0.3) is 33.7 Å². The summed E-state index contributed by atoms with van der Waals surface area (Å²) in [7, 11) is 0. The van der Waals surface area contributed by atoms with Gasteiger partial charge in [-0.3, -0.25) is 14.1 Å². The Bertz CT molecular complexity index is 1200. The van der Waals surface area contributed by atoms with Crippen LogP contribution in [-0.4, -0.2) is 64.7 Å². The van der Waals surface area contributed by atoms with E-state index in [1.165, 1.54) is 0 Å². The van der Waals surface area contributed by atoms with Crippen LogP contribution in [0.1, 0.15) is 6.42 Å². The first-order chi connectivity index (χ1) is 14.7. The molecule has 31 heavy (non-hydrogen) atoms. The summed E-state index contributed by atoms with van der Waals surface area (Å²) in [5.74, 6) is 0.584. The highest BCUT2D eigenvalue weighted by Crippen LogP contribution is 2.30. The fourth-order valence-corrected chi connectivity index (χ4v) is 4.24. The molecule has 2 aliphatic heterocycles. The van der Waals surface area contributed by atoms with E-state index in [1.807, 2.05) is 36.4 Å². The summed E-state index contributed by atoms with van der Waals surface area (Å²) in [6.45, 7) is 4.30. The van der Waals surface area contributed by atoms with Gasteiger partial charge in [0, 0.05) is 49.7 Å². The minimum Gasteiger partial charge on any atom is -0.412 e. The molecule has 8 heteroatoms. The molecule has 1 fully saturated rings. The van der Waals surface area contributed by atoms with Gasteiger partial charge < -0.3 is 20.3 Å². The van der Waals surface area contributed by atoms with Crippen molar-refractivity contribution in [3.05, 3.63) is 58.9 Å². The van der Waals surface area contributed by atoms with Gasteiger partial charge in [0.05, 0.1) is 23.3 Å². The summed E-state index contributed by atoms with van der Waals surface area (Å²) in [5.41, 5.74) is 4.97. The molecule has 7 nitrogen and oxygen atoms in total. The van der Waals surface area contributed by atoms with E-state index in [0.717, 1.165) is 60.7 Å². The highest BCUT2D eigenvalue weighted by Gasteiger charge is 2.20. The molecule has 0 radical (unpaired) electrons. The van der Waals surface area contributed by atoms with E-state index >= 15 is 0 Å². The van der Waals surface area contributed by atoms with Crippen LogP contribution in [0.5, 0.6) is 0 Å². The predicted molar refractivity (Wildman–Crippen MR) is 122 cm³/mol. The molecular weight excluding hydrogens is 397 g/mol. The number of halogens is 1. The number of benzene rings is 1. The maximum atomic E-state index is 12.6. The van der Waals surface area contributed by atoms with Crippen molar-refractivity contribution in [3.8, 4) is 22.6 Å². The minimum absolute atomic E-state index is 0. The zero-order chi connectivity index (χ0) is 20.5. The molecule has 0 spiro atoms. The Morgan fingerprint density at radius 1 is 1.00 bits per heavy atom. The second kappa shape index (κ2) is 8.87. The van der Waals surface area contributed by atoms with E-state index in [4.69, 9.17) is 0 Å². The van der Waals surface area contributed by atoms with Gasteiger partial charge in [-0.05, 0) is 30.7 Å². The molecule has 1 saturated heterocycles. The number of fused-ring (bicyclic) bond motifs is 2. The SMILES string of the molecule is O.O=c1[nH]c2cccccc-2c1-c1nc2ccc(N3CCN(CCCF)CC3)cc2[nH]1. The number of alkyl halides is 1. The van der Waals surface area contributed by atoms with Gasteiger partial charge in [-0.1, -0.05) is 24.3 Å². The number of aromatic nitrogens is 3. The van der Waals surface area contributed by atoms with Gasteiger partial charge in [0.25, 0.3) is 5.56 Å². The average molecular weight is 423 g/mol. The Morgan fingerprint density at radius 2 is 1.81 bits per heavy atom. The molecule has 3 aliphatic rings. The fourth-order valence-electron chi connectivity index (χ4n) is 4.24. The number of anilines is 1. The van der Waals surface area contributed by atoms with E-state index in [2.05, 4.69) is 36.9 Å². The zero-order valence-electron chi connectivity index (χ0n) is 17.2. The quantitative estimate of drug-likeness (QED) is 0.515. The lowest BCUT2D eigenvalue weighted by atomic mass is 10.1. The van der Waals surface area contributed by atoms with E-state index in [-0.39, 0.29) is 17.7 Å². The molecule has 0 atom stereocenters. The number of imidazole rings is 1. The zero-order valence-corrected chi connectivity index (χ0v) is 17.2. The van der Waals surface area contributed by atoms with Crippen LogP contribution in [0, 0.1) is 0 Å². The molecule has 3 heterocycles. The molecule has 5 rings (SSSR count). The van der Waals surface area contributed by atoms with Crippen molar-refractivity contribution < 1.29 is 9.87 Å². The van der Waals surface area contributed by atoms with Gasteiger partial charge in [-0.25, -0.2) is 4.98 Å². The van der Waals surface area contributed by atoms with Crippen molar-refractivity contribution >= 4 is 16.7 Å². The first-order valence-electron chi connectivity index (χ1n) is 10.4. The molecule has 0 bridgehead atoms. The average Bonchev–Trinajstić information content (AvgIpc) is 3.23. The summed E-state index contributed by atoms with van der Waals surface area (Å²) in [4.78, 5) is 28.2. The highest BCUT2D eigenvalue weighted by atomic mass is 19.1. The summed E-state index contributed by atoms with van der Waals surface area (Å²) in [5, 5.41) is 0. The molecule has 0 amide bonds. The molecule has 2 aromatic rings. The van der Waals surface area contributed by atoms with Crippen molar-refractivity contribution in [1.82, 2.24) is 19.9 Å². The van der Waals surface area contributed by atoms with Crippen LogP contribution in [0.15, 0.2) is 53.3 Å². The molecule has 1 aromatic heterocycles. The Labute approximate surface area is 179 Å². The lowest BCUT2D eigenvalue weighted by Crippen LogP contribution is -2.46. The van der Waals surface area contributed by atoms with Gasteiger partial charge in [-0.15, -0.1) is 0 Å². The molecule has 0 saturated carbocycles. The van der Waals surface area contributed by atoms with Crippen molar-refractivity contribution in [2.75, 3.05) is 44.3 Å². The minimum atomic E-state index is -0.251. The third kappa shape index (κ3) is 4.04. The smallest absolute Gasteiger partial charge is 0.260 e. The number of aromatic amines is 2. The maximum Gasteiger partial charge on any atom is 0.260 e. The normalized spacial score (nSPS) is 14.8. The highest BCUT2D eigenvalue weighted by molar-refractivity contribution is 5.87. The predicted octanol–water partition coefficient (Wildman–Crippen LogP) is 2.68. The molecule has 0 unspecified atom stereocenters. The number of nitrogens with one attached hydrogen (secondary N) is 2. The fraction of sp³-hybridized carbons (Fsp3) is 0.304.